The number of nitrogens with zero attached hydrogens (tertiary/aromatic N) is 1. The highest BCUT2D eigenvalue weighted by Crippen LogP contribution is 2.34. The Morgan fingerprint density at radius 1 is 1.04 bits per heavy atom. The topological polar surface area (TPSA) is 46.6 Å². The molecule has 2 aromatic rings. The van der Waals surface area contributed by atoms with E-state index in [1.54, 1.807) is 35.7 Å². The third-order valence-electron chi connectivity index (χ3n) is 4.50. The third kappa shape index (κ3) is 3.43. The van der Waals surface area contributed by atoms with Crippen LogP contribution in [0, 0.1) is 0 Å². The summed E-state index contributed by atoms with van der Waals surface area (Å²) in [5.41, 5.74) is 1.11. The minimum atomic E-state index is -3.46. The zero-order chi connectivity index (χ0) is 17.2. The molecule has 0 saturated carbocycles. The molecule has 6 heteroatoms. The highest BCUT2D eigenvalue weighted by Gasteiger charge is 2.30. The van der Waals surface area contributed by atoms with Crippen molar-refractivity contribution in [3.63, 3.8) is 0 Å². The van der Waals surface area contributed by atoms with Crippen LogP contribution in [0.15, 0.2) is 53.4 Å². The van der Waals surface area contributed by atoms with Gasteiger partial charge >= 0.3 is 0 Å². The molecule has 0 radical (unpaired) electrons. The van der Waals surface area contributed by atoms with Crippen LogP contribution in [0.2, 0.25) is 5.02 Å². The van der Waals surface area contributed by atoms with Gasteiger partial charge in [0.15, 0.2) is 0 Å². The number of piperidine rings is 1. The summed E-state index contributed by atoms with van der Waals surface area (Å²) in [7, 11) is -1.90. The quantitative estimate of drug-likeness (QED) is 0.825. The van der Waals surface area contributed by atoms with Gasteiger partial charge in [0, 0.05) is 18.1 Å². The van der Waals surface area contributed by atoms with E-state index in [4.69, 9.17) is 16.3 Å². The SMILES string of the molecule is COc1ccc(S(=O)(=O)N2CCC(c3ccccc3Cl)CC2)cc1. The van der Waals surface area contributed by atoms with Crippen molar-refractivity contribution in [3.8, 4) is 5.75 Å². The van der Waals surface area contributed by atoms with E-state index in [2.05, 4.69) is 0 Å². The minimum absolute atomic E-state index is 0.305. The van der Waals surface area contributed by atoms with Crippen LogP contribution in [0.4, 0.5) is 0 Å². The van der Waals surface area contributed by atoms with Gasteiger partial charge in [0.2, 0.25) is 10.0 Å². The Morgan fingerprint density at radius 2 is 1.67 bits per heavy atom. The Labute approximate surface area is 148 Å². The molecular formula is C18H20ClNO3S. The van der Waals surface area contributed by atoms with Crippen molar-refractivity contribution in [1.82, 2.24) is 4.31 Å². The molecule has 0 aliphatic carbocycles. The minimum Gasteiger partial charge on any atom is -0.497 e. The molecule has 0 amide bonds. The molecule has 1 aliphatic heterocycles. The van der Waals surface area contributed by atoms with E-state index in [0.717, 1.165) is 23.4 Å². The average Bonchev–Trinajstić information content (AvgIpc) is 2.62. The van der Waals surface area contributed by atoms with Crippen LogP contribution in [-0.4, -0.2) is 32.9 Å². The second kappa shape index (κ2) is 7.13. The van der Waals surface area contributed by atoms with Crippen LogP contribution >= 0.6 is 11.6 Å². The van der Waals surface area contributed by atoms with Crippen molar-refractivity contribution < 1.29 is 13.2 Å². The molecule has 0 spiro atoms. The van der Waals surface area contributed by atoms with Gasteiger partial charge in [0.25, 0.3) is 0 Å². The van der Waals surface area contributed by atoms with Crippen LogP contribution in [-0.2, 0) is 10.0 Å². The first-order valence-electron chi connectivity index (χ1n) is 7.91. The molecule has 2 aromatic carbocycles. The first-order chi connectivity index (χ1) is 11.5. The molecule has 0 atom stereocenters. The first-order valence-corrected chi connectivity index (χ1v) is 9.73. The molecule has 3 rings (SSSR count). The average molecular weight is 366 g/mol. The van der Waals surface area contributed by atoms with E-state index in [-0.39, 0.29) is 0 Å². The Morgan fingerprint density at radius 3 is 2.25 bits per heavy atom. The number of hydrogen-bond acceptors (Lipinski definition) is 3. The Hall–Kier alpha value is -1.56. The van der Waals surface area contributed by atoms with Gasteiger partial charge < -0.3 is 4.74 Å². The maximum atomic E-state index is 12.8. The second-order valence-corrected chi connectivity index (χ2v) is 8.22. The molecule has 24 heavy (non-hydrogen) atoms. The number of hydrogen-bond donors (Lipinski definition) is 0. The van der Waals surface area contributed by atoms with E-state index in [9.17, 15) is 8.42 Å². The van der Waals surface area contributed by atoms with Crippen LogP contribution in [0.3, 0.4) is 0 Å². The van der Waals surface area contributed by atoms with E-state index in [0.29, 0.717) is 29.7 Å². The predicted molar refractivity (Wildman–Crippen MR) is 95.2 cm³/mol. The lowest BCUT2D eigenvalue weighted by Gasteiger charge is -2.31. The van der Waals surface area contributed by atoms with Crippen molar-refractivity contribution in [2.75, 3.05) is 20.2 Å². The normalized spacial score (nSPS) is 16.9. The summed E-state index contributed by atoms with van der Waals surface area (Å²) < 4.78 is 32.2. The van der Waals surface area contributed by atoms with Crippen molar-refractivity contribution in [3.05, 3.63) is 59.1 Å². The van der Waals surface area contributed by atoms with Gasteiger partial charge in [-0.2, -0.15) is 4.31 Å². The maximum absolute atomic E-state index is 12.8. The number of rotatable bonds is 4. The fourth-order valence-electron chi connectivity index (χ4n) is 3.11. The Kier molecular flexibility index (Phi) is 5.13. The zero-order valence-corrected chi connectivity index (χ0v) is 15.1. The summed E-state index contributed by atoms with van der Waals surface area (Å²) >= 11 is 6.26. The summed E-state index contributed by atoms with van der Waals surface area (Å²) in [6.45, 7) is 1.01. The fourth-order valence-corrected chi connectivity index (χ4v) is 4.87. The monoisotopic (exact) mass is 365 g/mol. The molecule has 0 unspecified atom stereocenters. The molecule has 1 saturated heterocycles. The van der Waals surface area contributed by atoms with Gasteiger partial charge in [-0.25, -0.2) is 8.42 Å². The molecule has 0 aromatic heterocycles. The van der Waals surface area contributed by atoms with Gasteiger partial charge in [-0.3, -0.25) is 0 Å². The molecular weight excluding hydrogens is 346 g/mol. The highest BCUT2D eigenvalue weighted by molar-refractivity contribution is 7.89. The number of sulfonamides is 1. The molecule has 0 N–H and O–H groups in total. The summed E-state index contributed by atoms with van der Waals surface area (Å²) in [5.74, 6) is 0.951. The van der Waals surface area contributed by atoms with Crippen LogP contribution < -0.4 is 4.74 Å². The smallest absolute Gasteiger partial charge is 0.243 e. The summed E-state index contributed by atoms with van der Waals surface area (Å²) in [5, 5.41) is 0.758. The molecule has 128 valence electrons. The zero-order valence-electron chi connectivity index (χ0n) is 13.5. The van der Waals surface area contributed by atoms with Crippen LogP contribution in [0.25, 0.3) is 0 Å². The van der Waals surface area contributed by atoms with Gasteiger partial charge in [-0.05, 0) is 54.7 Å². The van der Waals surface area contributed by atoms with Crippen molar-refractivity contribution in [2.45, 2.75) is 23.7 Å². The lowest BCUT2D eigenvalue weighted by atomic mass is 9.90. The molecule has 4 nitrogen and oxygen atoms in total. The van der Waals surface area contributed by atoms with Gasteiger partial charge in [-0.15, -0.1) is 0 Å². The molecule has 1 aliphatic rings. The summed E-state index contributed by atoms with van der Waals surface area (Å²) in [4.78, 5) is 0.305. The number of ether oxygens (including phenoxy) is 1. The molecule has 0 bridgehead atoms. The number of methoxy groups -OCH3 is 1. The lowest BCUT2D eigenvalue weighted by molar-refractivity contribution is 0.319. The highest BCUT2D eigenvalue weighted by atomic mass is 35.5. The van der Waals surface area contributed by atoms with Crippen molar-refractivity contribution in [2.24, 2.45) is 0 Å². The van der Waals surface area contributed by atoms with Crippen LogP contribution in [0.1, 0.15) is 24.3 Å². The predicted octanol–water partition coefficient (Wildman–Crippen LogP) is 3.92. The summed E-state index contributed by atoms with van der Waals surface area (Å²) in [6, 6.07) is 14.3. The van der Waals surface area contributed by atoms with E-state index < -0.39 is 10.0 Å². The largest absolute Gasteiger partial charge is 0.497 e. The summed E-state index contributed by atoms with van der Waals surface area (Å²) in [6.07, 6.45) is 1.55. The molecule has 1 heterocycles. The molecule has 1 fully saturated rings. The van der Waals surface area contributed by atoms with Crippen LogP contribution in [0.5, 0.6) is 5.75 Å². The van der Waals surface area contributed by atoms with Gasteiger partial charge in [-0.1, -0.05) is 29.8 Å². The van der Waals surface area contributed by atoms with E-state index in [1.165, 1.54) is 0 Å². The fraction of sp³-hybridized carbons (Fsp3) is 0.333. The van der Waals surface area contributed by atoms with Gasteiger partial charge in [0.1, 0.15) is 5.75 Å². The Bertz CT molecular complexity index is 797. The Balaban J connectivity index is 1.72. The van der Waals surface area contributed by atoms with Crippen molar-refractivity contribution in [1.29, 1.82) is 0 Å². The standard InChI is InChI=1S/C18H20ClNO3S/c1-23-15-6-8-16(9-7-15)24(21,22)20-12-10-14(11-13-20)17-4-2-3-5-18(17)19/h2-9,14H,10-13H2,1H3. The number of benzene rings is 2. The maximum Gasteiger partial charge on any atom is 0.243 e. The van der Waals surface area contributed by atoms with E-state index >= 15 is 0 Å². The van der Waals surface area contributed by atoms with E-state index in [1.807, 2.05) is 24.3 Å². The first kappa shape index (κ1) is 17.3. The second-order valence-electron chi connectivity index (χ2n) is 5.88. The number of halogens is 1. The lowest BCUT2D eigenvalue weighted by Crippen LogP contribution is -2.37. The third-order valence-corrected chi connectivity index (χ3v) is 6.75. The van der Waals surface area contributed by atoms with Crippen molar-refractivity contribution >= 4 is 21.6 Å². The van der Waals surface area contributed by atoms with Gasteiger partial charge in [0.05, 0.1) is 12.0 Å².